The standard InChI is InChI=1S/C15H25N3O4S2/c1-4-17(5-2)23(19,20)14-7-6-8-15(11-14)24(21,22)18-10-9-13(12-18)16-3/h6-8,11,13,16H,4-5,9-10,12H2,1-3H3. The van der Waals surface area contributed by atoms with E-state index in [1.807, 2.05) is 0 Å². The molecule has 0 radical (unpaired) electrons. The molecule has 1 saturated heterocycles. The normalized spacial score (nSPS) is 19.9. The highest BCUT2D eigenvalue weighted by molar-refractivity contribution is 7.90. The Kier molecular flexibility index (Phi) is 6.03. The molecular formula is C15H25N3O4S2. The van der Waals surface area contributed by atoms with E-state index in [-0.39, 0.29) is 15.8 Å². The SMILES string of the molecule is CCN(CC)S(=O)(=O)c1cccc(S(=O)(=O)N2CCC(NC)C2)c1. The lowest BCUT2D eigenvalue weighted by atomic mass is 10.3. The Hall–Kier alpha value is -1.00. The molecule has 1 atom stereocenters. The quantitative estimate of drug-likeness (QED) is 0.758. The Balaban J connectivity index is 2.37. The lowest BCUT2D eigenvalue weighted by Gasteiger charge is -2.20. The molecule has 1 heterocycles. The third-order valence-corrected chi connectivity index (χ3v) is 8.25. The summed E-state index contributed by atoms with van der Waals surface area (Å²) in [6.07, 6.45) is 0.743. The summed E-state index contributed by atoms with van der Waals surface area (Å²) < 4.78 is 53.5. The topological polar surface area (TPSA) is 86.8 Å². The van der Waals surface area contributed by atoms with Crippen molar-refractivity contribution in [2.75, 3.05) is 33.2 Å². The van der Waals surface area contributed by atoms with Gasteiger partial charge in [0.1, 0.15) is 0 Å². The van der Waals surface area contributed by atoms with Gasteiger partial charge in [-0.2, -0.15) is 8.61 Å². The first-order valence-corrected chi connectivity index (χ1v) is 10.9. The van der Waals surface area contributed by atoms with E-state index >= 15 is 0 Å². The zero-order valence-electron chi connectivity index (χ0n) is 14.3. The fraction of sp³-hybridized carbons (Fsp3) is 0.600. The van der Waals surface area contributed by atoms with Crippen LogP contribution in [0.25, 0.3) is 0 Å². The van der Waals surface area contributed by atoms with E-state index in [2.05, 4.69) is 5.32 Å². The van der Waals surface area contributed by atoms with E-state index in [1.54, 1.807) is 20.9 Å². The molecule has 0 bridgehead atoms. The van der Waals surface area contributed by atoms with Gasteiger partial charge in [0.15, 0.2) is 0 Å². The maximum absolute atomic E-state index is 12.8. The summed E-state index contributed by atoms with van der Waals surface area (Å²) in [6, 6.07) is 5.75. The highest BCUT2D eigenvalue weighted by Gasteiger charge is 2.33. The highest BCUT2D eigenvalue weighted by atomic mass is 32.2. The van der Waals surface area contributed by atoms with Crippen molar-refractivity contribution >= 4 is 20.0 Å². The second kappa shape index (κ2) is 7.49. The number of benzene rings is 1. The minimum Gasteiger partial charge on any atom is -0.316 e. The van der Waals surface area contributed by atoms with Gasteiger partial charge in [0.2, 0.25) is 20.0 Å². The van der Waals surface area contributed by atoms with Gasteiger partial charge >= 0.3 is 0 Å². The molecule has 1 N–H and O–H groups in total. The number of hydrogen-bond donors (Lipinski definition) is 1. The maximum Gasteiger partial charge on any atom is 0.243 e. The third-order valence-electron chi connectivity index (χ3n) is 4.35. The average Bonchev–Trinajstić information content (AvgIpc) is 3.06. The van der Waals surface area contributed by atoms with Crippen molar-refractivity contribution in [3.05, 3.63) is 24.3 Å². The number of nitrogens with zero attached hydrogens (tertiary/aromatic N) is 2. The van der Waals surface area contributed by atoms with Crippen LogP contribution >= 0.6 is 0 Å². The largest absolute Gasteiger partial charge is 0.316 e. The number of rotatable bonds is 7. The fourth-order valence-corrected chi connectivity index (χ4v) is 5.96. The van der Waals surface area contributed by atoms with Crippen molar-refractivity contribution in [1.82, 2.24) is 13.9 Å². The van der Waals surface area contributed by atoms with Crippen LogP contribution in [0.4, 0.5) is 0 Å². The zero-order valence-corrected chi connectivity index (χ0v) is 15.9. The van der Waals surface area contributed by atoms with E-state index in [0.717, 1.165) is 6.42 Å². The van der Waals surface area contributed by atoms with Crippen molar-refractivity contribution in [2.24, 2.45) is 0 Å². The lowest BCUT2D eigenvalue weighted by Crippen LogP contribution is -2.34. The molecule has 7 nitrogen and oxygen atoms in total. The summed E-state index contributed by atoms with van der Waals surface area (Å²) in [4.78, 5) is 0.0316. The predicted octanol–water partition coefficient (Wildman–Crippen LogP) is 0.700. The fourth-order valence-electron chi connectivity index (χ4n) is 2.84. The van der Waals surface area contributed by atoms with Crippen molar-refractivity contribution in [1.29, 1.82) is 0 Å². The van der Waals surface area contributed by atoms with Gasteiger partial charge in [0, 0.05) is 32.2 Å². The molecule has 24 heavy (non-hydrogen) atoms. The summed E-state index contributed by atoms with van der Waals surface area (Å²) in [5, 5.41) is 3.07. The molecule has 1 aliphatic rings. The van der Waals surface area contributed by atoms with Crippen LogP contribution in [0.15, 0.2) is 34.1 Å². The van der Waals surface area contributed by atoms with Crippen molar-refractivity contribution in [3.8, 4) is 0 Å². The van der Waals surface area contributed by atoms with Crippen LogP contribution in [0, 0.1) is 0 Å². The van der Waals surface area contributed by atoms with E-state index in [9.17, 15) is 16.8 Å². The van der Waals surface area contributed by atoms with Gasteiger partial charge in [0.25, 0.3) is 0 Å². The first-order valence-electron chi connectivity index (χ1n) is 8.05. The first kappa shape index (κ1) is 19.3. The molecule has 2 rings (SSSR count). The second-order valence-electron chi connectivity index (χ2n) is 5.70. The van der Waals surface area contributed by atoms with Crippen LogP contribution in [-0.4, -0.2) is 64.7 Å². The first-order chi connectivity index (χ1) is 11.3. The highest BCUT2D eigenvalue weighted by Crippen LogP contribution is 2.24. The second-order valence-corrected chi connectivity index (χ2v) is 9.58. The van der Waals surface area contributed by atoms with Crippen LogP contribution in [0.2, 0.25) is 0 Å². The smallest absolute Gasteiger partial charge is 0.243 e. The van der Waals surface area contributed by atoms with E-state index in [4.69, 9.17) is 0 Å². The number of likely N-dealkylation sites (N-methyl/N-ethyl adjacent to an activating group) is 1. The van der Waals surface area contributed by atoms with Gasteiger partial charge in [-0.05, 0) is 31.7 Å². The van der Waals surface area contributed by atoms with E-state index < -0.39 is 20.0 Å². The summed E-state index contributed by atoms with van der Waals surface area (Å²) in [5.41, 5.74) is 0. The molecule has 1 aromatic rings. The Morgan fingerprint density at radius 1 is 1.17 bits per heavy atom. The van der Waals surface area contributed by atoms with Crippen molar-refractivity contribution < 1.29 is 16.8 Å². The lowest BCUT2D eigenvalue weighted by molar-refractivity contribution is 0.445. The molecule has 0 amide bonds. The number of nitrogens with one attached hydrogen (secondary N) is 1. The van der Waals surface area contributed by atoms with Crippen LogP contribution in [0.5, 0.6) is 0 Å². The third kappa shape index (κ3) is 3.65. The van der Waals surface area contributed by atoms with Gasteiger partial charge < -0.3 is 5.32 Å². The van der Waals surface area contributed by atoms with Crippen LogP contribution in [0.1, 0.15) is 20.3 Å². The van der Waals surface area contributed by atoms with Crippen LogP contribution in [0.3, 0.4) is 0 Å². The Labute approximate surface area is 144 Å². The van der Waals surface area contributed by atoms with Gasteiger partial charge in [-0.1, -0.05) is 19.9 Å². The summed E-state index contributed by atoms with van der Waals surface area (Å²) in [7, 11) is -5.57. The maximum atomic E-state index is 12.8. The predicted molar refractivity (Wildman–Crippen MR) is 92.8 cm³/mol. The van der Waals surface area contributed by atoms with Gasteiger partial charge in [-0.25, -0.2) is 16.8 Å². The van der Waals surface area contributed by atoms with Crippen molar-refractivity contribution in [2.45, 2.75) is 36.1 Å². The monoisotopic (exact) mass is 375 g/mol. The number of sulfonamides is 2. The molecule has 1 unspecified atom stereocenters. The average molecular weight is 376 g/mol. The van der Waals surface area contributed by atoms with Gasteiger partial charge in [0.05, 0.1) is 9.79 Å². The number of hydrogen-bond acceptors (Lipinski definition) is 5. The van der Waals surface area contributed by atoms with E-state index in [1.165, 1.54) is 32.9 Å². The Morgan fingerprint density at radius 2 is 1.79 bits per heavy atom. The van der Waals surface area contributed by atoms with Gasteiger partial charge in [-0.15, -0.1) is 0 Å². The minimum atomic E-state index is -3.69. The Bertz CT molecular complexity index is 774. The molecule has 1 fully saturated rings. The van der Waals surface area contributed by atoms with Crippen LogP contribution < -0.4 is 5.32 Å². The van der Waals surface area contributed by atoms with Crippen molar-refractivity contribution in [3.63, 3.8) is 0 Å². The molecule has 0 aromatic heterocycles. The van der Waals surface area contributed by atoms with Crippen LogP contribution in [-0.2, 0) is 20.0 Å². The summed E-state index contributed by atoms with van der Waals surface area (Å²) >= 11 is 0. The minimum absolute atomic E-state index is 0.0108. The Morgan fingerprint density at radius 3 is 2.33 bits per heavy atom. The molecule has 136 valence electrons. The molecule has 0 spiro atoms. The molecule has 0 aliphatic carbocycles. The summed E-state index contributed by atoms with van der Waals surface area (Å²) in [5.74, 6) is 0. The molecular weight excluding hydrogens is 350 g/mol. The molecule has 9 heteroatoms. The van der Waals surface area contributed by atoms with Gasteiger partial charge in [-0.3, -0.25) is 0 Å². The molecule has 1 aliphatic heterocycles. The molecule has 0 saturated carbocycles. The van der Waals surface area contributed by atoms with E-state index in [0.29, 0.717) is 26.2 Å². The zero-order chi connectivity index (χ0) is 18.0. The molecule has 1 aromatic carbocycles. The summed E-state index contributed by atoms with van der Waals surface area (Å²) in [6.45, 7) is 5.01.